The highest BCUT2D eigenvalue weighted by atomic mass is 35.5. The van der Waals surface area contributed by atoms with E-state index in [0.29, 0.717) is 30.4 Å². The molecule has 4 rings (SSSR count). The second-order valence-electron chi connectivity index (χ2n) is 6.10. The van der Waals surface area contributed by atoms with Gasteiger partial charge in [-0.25, -0.2) is 5.84 Å². The first-order chi connectivity index (χ1) is 15.4. The number of nitrogens with two attached hydrogens (primary N) is 1. The van der Waals surface area contributed by atoms with Crippen molar-refractivity contribution in [3.63, 3.8) is 0 Å². The van der Waals surface area contributed by atoms with Crippen molar-refractivity contribution in [2.75, 3.05) is 22.1 Å². The van der Waals surface area contributed by atoms with Gasteiger partial charge in [-0.05, 0) is 18.2 Å². The molecule has 3 heterocycles. The summed E-state index contributed by atoms with van der Waals surface area (Å²) in [6.07, 6.45) is 1.08. The number of anilines is 2. The molecule has 0 aliphatic carbocycles. The molecule has 168 valence electrons. The molecular formula is C15H14Cl2N10O2S3. The second kappa shape index (κ2) is 10.1. The molecule has 0 unspecified atom stereocenters. The lowest BCUT2D eigenvalue weighted by atomic mass is 10.3. The van der Waals surface area contributed by atoms with Crippen LogP contribution in [0.5, 0.6) is 0 Å². The Kier molecular flexibility index (Phi) is 7.22. The Labute approximate surface area is 203 Å². The molecule has 12 nitrogen and oxygen atoms in total. The first-order valence-electron chi connectivity index (χ1n) is 8.72. The van der Waals surface area contributed by atoms with Gasteiger partial charge >= 0.3 is 0 Å². The Morgan fingerprint density at radius 1 is 1.16 bits per heavy atom. The normalized spacial score (nSPS) is 16.6. The minimum Gasteiger partial charge on any atom is -0.325 e. The van der Waals surface area contributed by atoms with Crippen molar-refractivity contribution in [2.45, 2.75) is 10.6 Å². The van der Waals surface area contributed by atoms with E-state index in [2.05, 4.69) is 36.5 Å². The van der Waals surface area contributed by atoms with Gasteiger partial charge in [-0.3, -0.25) is 25.3 Å². The Morgan fingerprint density at radius 3 is 2.75 bits per heavy atom. The predicted molar refractivity (Wildman–Crippen MR) is 128 cm³/mol. The Hall–Kier alpha value is -2.30. The van der Waals surface area contributed by atoms with Crippen LogP contribution in [0.3, 0.4) is 0 Å². The first kappa shape index (κ1) is 22.9. The van der Waals surface area contributed by atoms with Crippen LogP contribution < -0.4 is 21.9 Å². The lowest BCUT2D eigenvalue weighted by molar-refractivity contribution is -0.114. The number of hydrazone groups is 2. The maximum absolute atomic E-state index is 12.2. The molecule has 1 atom stereocenters. The first-order valence-corrected chi connectivity index (χ1v) is 12.3. The quantitative estimate of drug-likeness (QED) is 0.236. The van der Waals surface area contributed by atoms with E-state index in [1.807, 2.05) is 0 Å². The highest BCUT2D eigenvalue weighted by Crippen LogP contribution is 2.27. The fourth-order valence-electron chi connectivity index (χ4n) is 2.41. The van der Waals surface area contributed by atoms with Crippen molar-refractivity contribution in [3.8, 4) is 0 Å². The number of amides is 2. The van der Waals surface area contributed by atoms with Crippen LogP contribution in [0.15, 0.2) is 32.7 Å². The summed E-state index contributed by atoms with van der Waals surface area (Å²) in [5, 5.41) is 26.0. The molecule has 1 aromatic carbocycles. The fraction of sp³-hybridized carbons (Fsp3) is 0.200. The van der Waals surface area contributed by atoms with Crippen LogP contribution in [0.4, 0.5) is 10.8 Å². The summed E-state index contributed by atoms with van der Waals surface area (Å²) in [4.78, 5) is 24.3. The average molecular weight is 533 g/mol. The summed E-state index contributed by atoms with van der Waals surface area (Å²) in [6, 6.07) is 4.82. The third kappa shape index (κ3) is 5.54. The van der Waals surface area contributed by atoms with E-state index in [1.165, 1.54) is 46.2 Å². The van der Waals surface area contributed by atoms with Crippen molar-refractivity contribution in [3.05, 3.63) is 28.2 Å². The van der Waals surface area contributed by atoms with Gasteiger partial charge in [0.15, 0.2) is 4.34 Å². The molecule has 2 aliphatic heterocycles. The lowest BCUT2D eigenvalue weighted by Crippen LogP contribution is -2.48. The lowest BCUT2D eigenvalue weighted by Gasteiger charge is -2.19. The highest BCUT2D eigenvalue weighted by Gasteiger charge is 2.35. The number of fused-ring (bicyclic) bond motifs is 1. The number of halogens is 2. The van der Waals surface area contributed by atoms with Crippen molar-refractivity contribution in [1.29, 1.82) is 0 Å². The molecule has 0 fully saturated rings. The van der Waals surface area contributed by atoms with Crippen molar-refractivity contribution in [2.24, 2.45) is 16.0 Å². The summed E-state index contributed by atoms with van der Waals surface area (Å²) in [5.74, 6) is 5.39. The number of carbonyl (C=O) groups excluding carboxylic acids is 2. The van der Waals surface area contributed by atoms with Crippen molar-refractivity contribution in [1.82, 2.24) is 25.6 Å². The molecule has 0 saturated carbocycles. The van der Waals surface area contributed by atoms with Gasteiger partial charge in [0, 0.05) is 5.69 Å². The minimum absolute atomic E-state index is 0.0952. The standard InChI is InChI=1S/C15H14Cl2N10O2S3/c16-8-2-1-7(3-9(8)17)20-10(28)5-31-15-25-22-12(32-15)21-11(29)4-30-14-24-23-13-26(18)6-19-27(13)14/h1-3,6,13,23H,4-5,18H2,(H,20,28)(H,21,22,29)/t13-/m1/s1. The fourth-order valence-corrected chi connectivity index (χ4v) is 5.00. The van der Waals surface area contributed by atoms with Gasteiger partial charge in [0.1, 0.15) is 6.34 Å². The molecule has 0 radical (unpaired) electrons. The van der Waals surface area contributed by atoms with Crippen molar-refractivity contribution < 1.29 is 9.59 Å². The van der Waals surface area contributed by atoms with Gasteiger partial charge in [-0.2, -0.15) is 10.1 Å². The molecular weight excluding hydrogens is 519 g/mol. The zero-order chi connectivity index (χ0) is 22.7. The molecule has 5 N–H and O–H groups in total. The van der Waals surface area contributed by atoms with Crippen LogP contribution in [0, 0.1) is 0 Å². The molecule has 0 saturated heterocycles. The number of amidine groups is 1. The number of thioether (sulfide) groups is 2. The van der Waals surface area contributed by atoms with Crippen LogP contribution in [0.25, 0.3) is 0 Å². The van der Waals surface area contributed by atoms with E-state index in [0.717, 1.165) is 0 Å². The summed E-state index contributed by atoms with van der Waals surface area (Å²) in [5.41, 5.74) is 3.35. The van der Waals surface area contributed by atoms with Gasteiger partial charge in [-0.1, -0.05) is 58.1 Å². The van der Waals surface area contributed by atoms with E-state index in [-0.39, 0.29) is 29.6 Å². The minimum atomic E-state index is -0.378. The SMILES string of the molecule is NN1C=NN2C(SCC(=O)Nc3nnc(SCC(=O)Nc4ccc(Cl)c(Cl)c4)s3)=NN[C@H]12. The maximum atomic E-state index is 12.2. The van der Waals surface area contributed by atoms with Crippen LogP contribution in [-0.2, 0) is 9.59 Å². The topological polar surface area (TPSA) is 153 Å². The zero-order valence-electron chi connectivity index (χ0n) is 15.9. The van der Waals surface area contributed by atoms with E-state index >= 15 is 0 Å². The van der Waals surface area contributed by atoms with Gasteiger partial charge in [0.2, 0.25) is 28.4 Å². The number of carbonyl (C=O) groups is 2. The monoisotopic (exact) mass is 532 g/mol. The Balaban J connectivity index is 1.20. The molecule has 2 aliphatic rings. The van der Waals surface area contributed by atoms with Gasteiger partial charge in [-0.15, -0.1) is 15.3 Å². The number of hydrogen-bond acceptors (Lipinski definition) is 13. The number of nitrogens with one attached hydrogen (secondary N) is 3. The number of hydrogen-bond donors (Lipinski definition) is 4. The molecule has 1 aromatic heterocycles. The third-order valence-corrected chi connectivity index (χ3v) is 7.46. The Bertz CT molecular complexity index is 1100. The summed E-state index contributed by atoms with van der Waals surface area (Å²) < 4.78 is 0.541. The number of benzene rings is 1. The number of nitrogens with zero attached hydrogens (tertiary/aromatic N) is 6. The van der Waals surface area contributed by atoms with E-state index < -0.39 is 0 Å². The molecule has 2 amide bonds. The van der Waals surface area contributed by atoms with Gasteiger partial charge in [0.05, 0.1) is 21.6 Å². The number of aromatic nitrogens is 2. The molecule has 32 heavy (non-hydrogen) atoms. The van der Waals surface area contributed by atoms with Gasteiger partial charge in [0.25, 0.3) is 0 Å². The van der Waals surface area contributed by atoms with E-state index in [9.17, 15) is 9.59 Å². The average Bonchev–Trinajstić information content (AvgIpc) is 3.46. The summed E-state index contributed by atoms with van der Waals surface area (Å²) >= 11 is 15.4. The van der Waals surface area contributed by atoms with Crippen molar-refractivity contribution >= 4 is 92.2 Å². The van der Waals surface area contributed by atoms with Crippen LogP contribution in [-0.4, -0.2) is 61.3 Å². The largest absolute Gasteiger partial charge is 0.325 e. The summed E-state index contributed by atoms with van der Waals surface area (Å²) in [7, 11) is 0. The molecule has 2 aromatic rings. The zero-order valence-corrected chi connectivity index (χ0v) is 19.8. The number of rotatable bonds is 7. The Morgan fingerprint density at radius 2 is 1.94 bits per heavy atom. The van der Waals surface area contributed by atoms with E-state index in [4.69, 9.17) is 29.0 Å². The predicted octanol–water partition coefficient (Wildman–Crippen LogP) is 1.84. The summed E-state index contributed by atoms with van der Waals surface area (Å²) in [6.45, 7) is 0. The highest BCUT2D eigenvalue weighted by molar-refractivity contribution is 8.14. The van der Waals surface area contributed by atoms with Crippen LogP contribution >= 0.6 is 58.1 Å². The molecule has 0 spiro atoms. The van der Waals surface area contributed by atoms with Gasteiger partial charge < -0.3 is 5.32 Å². The molecule has 0 bridgehead atoms. The third-order valence-electron chi connectivity index (χ3n) is 3.81. The van der Waals surface area contributed by atoms with Crippen LogP contribution in [0.1, 0.15) is 0 Å². The van der Waals surface area contributed by atoms with E-state index in [1.54, 1.807) is 23.2 Å². The molecule has 17 heteroatoms. The second-order valence-corrected chi connectivity index (χ2v) is 10.1. The maximum Gasteiger partial charge on any atom is 0.236 e. The number of hydrazine groups is 1. The smallest absolute Gasteiger partial charge is 0.236 e. The van der Waals surface area contributed by atoms with Crippen LogP contribution in [0.2, 0.25) is 10.0 Å².